The van der Waals surface area contributed by atoms with Crippen LogP contribution in [0.5, 0.6) is 0 Å². The van der Waals surface area contributed by atoms with Crippen molar-refractivity contribution in [1.29, 1.82) is 0 Å². The minimum atomic E-state index is 0.00546. The van der Waals surface area contributed by atoms with E-state index in [-0.39, 0.29) is 11.6 Å². The summed E-state index contributed by atoms with van der Waals surface area (Å²) < 4.78 is 0. The van der Waals surface area contributed by atoms with Crippen molar-refractivity contribution in [2.75, 3.05) is 52.4 Å². The lowest BCUT2D eigenvalue weighted by Crippen LogP contribution is -2.29. The van der Waals surface area contributed by atoms with Crippen molar-refractivity contribution >= 4 is 11.6 Å². The Balaban J connectivity index is 0.000000188. The van der Waals surface area contributed by atoms with Crippen LogP contribution in [0.4, 0.5) is 0 Å². The molecule has 26 heavy (non-hydrogen) atoms. The SMILES string of the molecule is CCCCCCNCC.O=C1C=C(N2CC2)C(=O)C(N2CC2)=C1N1CC1. The van der Waals surface area contributed by atoms with Gasteiger partial charge in [-0.15, -0.1) is 0 Å². The summed E-state index contributed by atoms with van der Waals surface area (Å²) in [5.41, 5.74) is 1.89. The van der Waals surface area contributed by atoms with Crippen molar-refractivity contribution in [3.05, 3.63) is 23.2 Å². The molecule has 4 aliphatic rings. The Kier molecular flexibility index (Phi) is 6.35. The summed E-state index contributed by atoms with van der Waals surface area (Å²) in [5.74, 6) is 0.0485. The first-order valence-electron chi connectivity index (χ1n) is 10.2. The largest absolute Gasteiger partial charge is 0.365 e. The van der Waals surface area contributed by atoms with Crippen molar-refractivity contribution in [3.63, 3.8) is 0 Å². The summed E-state index contributed by atoms with van der Waals surface area (Å²) in [4.78, 5) is 30.5. The highest BCUT2D eigenvalue weighted by molar-refractivity contribution is 6.22. The zero-order valence-electron chi connectivity index (χ0n) is 16.2. The molecule has 0 aromatic carbocycles. The van der Waals surface area contributed by atoms with E-state index in [0.717, 1.165) is 45.8 Å². The van der Waals surface area contributed by atoms with Gasteiger partial charge in [0.05, 0.1) is 5.70 Å². The zero-order chi connectivity index (χ0) is 18.5. The molecule has 3 fully saturated rings. The monoisotopic (exact) mass is 360 g/mol. The van der Waals surface area contributed by atoms with Crippen molar-refractivity contribution in [1.82, 2.24) is 20.0 Å². The molecule has 1 N–H and O–H groups in total. The molecule has 0 radical (unpaired) electrons. The summed E-state index contributed by atoms with van der Waals surface area (Å²) in [5, 5.41) is 3.31. The standard InChI is InChI=1S/C12H13N3O2.C8H19N/c16-9-7-8(13-1-2-13)12(17)11(15-5-6-15)10(9)14-3-4-14;1-3-5-6-7-8-9-4-2/h7H,1-6H2;9H,3-8H2,1-2H3. The Labute approximate surface area is 156 Å². The predicted molar refractivity (Wildman–Crippen MR) is 103 cm³/mol. The smallest absolute Gasteiger partial charge is 0.227 e. The van der Waals surface area contributed by atoms with Crippen LogP contribution in [0.15, 0.2) is 23.2 Å². The van der Waals surface area contributed by atoms with E-state index >= 15 is 0 Å². The number of ketones is 2. The van der Waals surface area contributed by atoms with E-state index in [4.69, 9.17) is 0 Å². The third-order valence-electron chi connectivity index (χ3n) is 4.95. The van der Waals surface area contributed by atoms with Crippen LogP contribution < -0.4 is 5.32 Å². The predicted octanol–water partition coefficient (Wildman–Crippen LogP) is 1.36. The molecule has 0 unspecified atom stereocenters. The lowest BCUT2D eigenvalue weighted by molar-refractivity contribution is -0.117. The number of nitrogens with one attached hydrogen (secondary N) is 1. The van der Waals surface area contributed by atoms with Crippen molar-refractivity contribution in [2.45, 2.75) is 39.5 Å². The number of hydrogen-bond acceptors (Lipinski definition) is 6. The third kappa shape index (κ3) is 4.87. The number of unbranched alkanes of at least 4 members (excludes halogenated alkanes) is 3. The lowest BCUT2D eigenvalue weighted by Gasteiger charge is -2.21. The summed E-state index contributed by atoms with van der Waals surface area (Å²) in [6, 6.07) is 0. The highest BCUT2D eigenvalue weighted by atomic mass is 16.1. The maximum atomic E-state index is 12.4. The van der Waals surface area contributed by atoms with Gasteiger partial charge >= 0.3 is 0 Å². The molecular formula is C20H32N4O2. The normalized spacial score (nSPS) is 20.8. The third-order valence-corrected chi connectivity index (χ3v) is 4.95. The van der Waals surface area contributed by atoms with Crippen LogP contribution >= 0.6 is 0 Å². The Morgan fingerprint density at radius 2 is 1.46 bits per heavy atom. The molecule has 4 rings (SSSR count). The fourth-order valence-electron chi connectivity index (χ4n) is 3.13. The van der Waals surface area contributed by atoms with Crippen molar-refractivity contribution < 1.29 is 9.59 Å². The first-order valence-corrected chi connectivity index (χ1v) is 10.2. The van der Waals surface area contributed by atoms with Crippen LogP contribution in [0.3, 0.4) is 0 Å². The molecule has 6 nitrogen and oxygen atoms in total. The average molecular weight is 361 g/mol. The van der Waals surface area contributed by atoms with Gasteiger partial charge in [0.1, 0.15) is 11.4 Å². The van der Waals surface area contributed by atoms with Gasteiger partial charge in [-0.05, 0) is 19.5 Å². The van der Waals surface area contributed by atoms with Gasteiger partial charge in [-0.25, -0.2) is 0 Å². The van der Waals surface area contributed by atoms with Crippen LogP contribution in [0.25, 0.3) is 0 Å². The molecular weight excluding hydrogens is 328 g/mol. The fourth-order valence-corrected chi connectivity index (χ4v) is 3.13. The van der Waals surface area contributed by atoms with Gasteiger partial charge in [-0.3, -0.25) is 9.59 Å². The highest BCUT2D eigenvalue weighted by Crippen LogP contribution is 2.33. The number of carbonyl (C=O) groups excluding carboxylic acids is 2. The molecule has 1 aliphatic carbocycles. The van der Waals surface area contributed by atoms with Gasteiger partial charge in [0.15, 0.2) is 0 Å². The Hall–Kier alpha value is -1.82. The van der Waals surface area contributed by atoms with Crippen LogP contribution in [-0.2, 0) is 9.59 Å². The highest BCUT2D eigenvalue weighted by Gasteiger charge is 2.43. The molecule has 0 saturated carbocycles. The summed E-state index contributed by atoms with van der Waals surface area (Å²) in [6.45, 7) is 12.1. The molecule has 0 bridgehead atoms. The molecule has 0 spiro atoms. The van der Waals surface area contributed by atoms with Gasteiger partial charge < -0.3 is 20.0 Å². The minimum Gasteiger partial charge on any atom is -0.365 e. The van der Waals surface area contributed by atoms with Gasteiger partial charge in [-0.1, -0.05) is 33.1 Å². The maximum Gasteiger partial charge on any atom is 0.227 e. The van der Waals surface area contributed by atoms with Crippen LogP contribution in [-0.4, -0.2) is 78.6 Å². The van der Waals surface area contributed by atoms with Crippen molar-refractivity contribution in [3.8, 4) is 0 Å². The van der Waals surface area contributed by atoms with Gasteiger partial charge in [0.2, 0.25) is 11.6 Å². The fraction of sp³-hybridized carbons (Fsp3) is 0.700. The van der Waals surface area contributed by atoms with E-state index in [1.807, 2.05) is 14.7 Å². The van der Waals surface area contributed by atoms with E-state index < -0.39 is 0 Å². The molecule has 144 valence electrons. The van der Waals surface area contributed by atoms with Gasteiger partial charge in [0.25, 0.3) is 0 Å². The first-order chi connectivity index (χ1) is 12.7. The quantitative estimate of drug-likeness (QED) is 0.381. The second kappa shape index (κ2) is 8.71. The lowest BCUT2D eigenvalue weighted by atomic mass is 10.0. The first kappa shape index (κ1) is 19.0. The number of rotatable bonds is 9. The van der Waals surface area contributed by atoms with E-state index in [0.29, 0.717) is 17.1 Å². The zero-order valence-corrected chi connectivity index (χ0v) is 16.2. The van der Waals surface area contributed by atoms with E-state index in [1.54, 1.807) is 0 Å². The number of allylic oxidation sites excluding steroid dienone is 1. The Morgan fingerprint density at radius 3 is 2.00 bits per heavy atom. The molecule has 3 saturated heterocycles. The number of Topliss-reactive ketones (excluding diaryl/α,β-unsaturated/α-hetero) is 1. The number of hydrogen-bond donors (Lipinski definition) is 1. The number of carbonyl (C=O) groups is 2. The molecule has 3 heterocycles. The average Bonchev–Trinajstić information content (AvgIpc) is 3.50. The summed E-state index contributed by atoms with van der Waals surface area (Å²) in [6.07, 6.45) is 7.00. The second-order valence-corrected chi connectivity index (χ2v) is 7.30. The maximum absolute atomic E-state index is 12.4. The minimum absolute atomic E-state index is 0.00546. The van der Waals surface area contributed by atoms with Crippen LogP contribution in [0, 0.1) is 0 Å². The molecule has 3 aliphatic heterocycles. The molecule has 0 amide bonds. The summed E-state index contributed by atoms with van der Waals surface area (Å²) >= 11 is 0. The van der Waals surface area contributed by atoms with E-state index in [9.17, 15) is 9.59 Å². The van der Waals surface area contributed by atoms with E-state index in [2.05, 4.69) is 19.2 Å². The van der Waals surface area contributed by atoms with E-state index in [1.165, 1.54) is 38.3 Å². The number of nitrogens with zero attached hydrogens (tertiary/aromatic N) is 3. The topological polar surface area (TPSA) is 55.2 Å². The summed E-state index contributed by atoms with van der Waals surface area (Å²) in [7, 11) is 0. The van der Waals surface area contributed by atoms with Crippen LogP contribution in [0.1, 0.15) is 39.5 Å². The molecule has 0 aromatic heterocycles. The Bertz CT molecular complexity index is 593. The molecule has 0 atom stereocenters. The second-order valence-electron chi connectivity index (χ2n) is 7.30. The van der Waals surface area contributed by atoms with Gasteiger partial charge in [-0.2, -0.15) is 0 Å². The Morgan fingerprint density at radius 1 is 0.846 bits per heavy atom. The van der Waals surface area contributed by atoms with Gasteiger partial charge in [0, 0.05) is 45.3 Å². The van der Waals surface area contributed by atoms with Crippen LogP contribution in [0.2, 0.25) is 0 Å². The van der Waals surface area contributed by atoms with Crippen molar-refractivity contribution in [2.24, 2.45) is 0 Å². The molecule has 0 aromatic rings. The molecule has 6 heteroatoms.